The van der Waals surface area contributed by atoms with E-state index in [1.54, 1.807) is 0 Å². The number of rotatable bonds is 4. The average molecular weight is 268 g/mol. The first-order valence-corrected chi connectivity index (χ1v) is 7.48. The highest BCUT2D eigenvalue weighted by Crippen LogP contribution is 2.29. The lowest BCUT2D eigenvalue weighted by molar-refractivity contribution is 0.249. The van der Waals surface area contributed by atoms with Gasteiger partial charge in [0.25, 0.3) is 0 Å². The molecule has 1 aliphatic rings. The van der Waals surface area contributed by atoms with Crippen molar-refractivity contribution in [3.8, 4) is 0 Å². The molecule has 18 heavy (non-hydrogen) atoms. The van der Waals surface area contributed by atoms with Crippen LogP contribution in [0.3, 0.4) is 0 Å². The highest BCUT2D eigenvalue weighted by atomic mass is 32.1. The van der Waals surface area contributed by atoms with Gasteiger partial charge in [-0.1, -0.05) is 0 Å². The molecule has 2 heterocycles. The predicted octanol–water partition coefficient (Wildman–Crippen LogP) is 1.95. The third kappa shape index (κ3) is 3.02. The van der Waals surface area contributed by atoms with Gasteiger partial charge in [-0.2, -0.15) is 0 Å². The Morgan fingerprint density at radius 2 is 2.11 bits per heavy atom. The van der Waals surface area contributed by atoms with Crippen LogP contribution in [0.1, 0.15) is 30.7 Å². The van der Waals surface area contributed by atoms with Gasteiger partial charge in [0.1, 0.15) is 0 Å². The molecule has 0 aromatic carbocycles. The minimum Gasteiger partial charge on any atom is -0.348 e. The summed E-state index contributed by atoms with van der Waals surface area (Å²) in [7, 11) is 6.35. The highest BCUT2D eigenvalue weighted by molar-refractivity contribution is 7.15. The van der Waals surface area contributed by atoms with Crippen LogP contribution < -0.4 is 10.2 Å². The van der Waals surface area contributed by atoms with Gasteiger partial charge in [-0.05, 0) is 40.9 Å². The molecule has 1 unspecified atom stereocenters. The van der Waals surface area contributed by atoms with Gasteiger partial charge >= 0.3 is 0 Å². The Balaban J connectivity index is 1.95. The molecule has 0 amide bonds. The number of hydrogen-bond donors (Lipinski definition) is 1. The minimum atomic E-state index is 0.399. The zero-order chi connectivity index (χ0) is 13.1. The van der Waals surface area contributed by atoms with Crippen LogP contribution in [-0.2, 0) is 0 Å². The standard InChI is InChI=1S/C13H24N4S/c1-10(14-2)12-9-15-13(18-12)17-7-5-11(6-8-17)16(3)4/h9-11,14H,5-8H2,1-4H3. The Morgan fingerprint density at radius 3 is 2.67 bits per heavy atom. The largest absolute Gasteiger partial charge is 0.348 e. The summed E-state index contributed by atoms with van der Waals surface area (Å²) in [4.78, 5) is 10.7. The number of anilines is 1. The van der Waals surface area contributed by atoms with Gasteiger partial charge < -0.3 is 15.1 Å². The lowest BCUT2D eigenvalue weighted by Crippen LogP contribution is -2.41. The predicted molar refractivity (Wildman–Crippen MR) is 78.5 cm³/mol. The van der Waals surface area contributed by atoms with Crippen LogP contribution in [-0.4, -0.2) is 50.2 Å². The number of nitrogens with one attached hydrogen (secondary N) is 1. The van der Waals surface area contributed by atoms with E-state index < -0.39 is 0 Å². The summed E-state index contributed by atoms with van der Waals surface area (Å²) in [5.74, 6) is 0. The quantitative estimate of drug-likeness (QED) is 0.904. The second-order valence-electron chi connectivity index (χ2n) is 5.24. The maximum atomic E-state index is 4.57. The lowest BCUT2D eigenvalue weighted by Gasteiger charge is -2.35. The van der Waals surface area contributed by atoms with Crippen molar-refractivity contribution >= 4 is 16.5 Å². The molecular weight excluding hydrogens is 244 g/mol. The van der Waals surface area contributed by atoms with Gasteiger partial charge in [-0.3, -0.25) is 0 Å². The fraction of sp³-hybridized carbons (Fsp3) is 0.769. The summed E-state index contributed by atoms with van der Waals surface area (Å²) in [6, 6.07) is 1.13. The van der Waals surface area contributed by atoms with Crippen LogP contribution in [0, 0.1) is 0 Å². The number of piperidine rings is 1. The Labute approximate surface area is 114 Å². The molecule has 2 rings (SSSR count). The smallest absolute Gasteiger partial charge is 0.185 e. The van der Waals surface area contributed by atoms with E-state index in [9.17, 15) is 0 Å². The molecule has 1 aromatic rings. The van der Waals surface area contributed by atoms with Crippen molar-refractivity contribution in [2.24, 2.45) is 0 Å². The summed E-state index contributed by atoms with van der Waals surface area (Å²) < 4.78 is 0. The van der Waals surface area contributed by atoms with Gasteiger partial charge in [-0.25, -0.2) is 4.98 Å². The van der Waals surface area contributed by atoms with Crippen molar-refractivity contribution in [1.29, 1.82) is 0 Å². The SMILES string of the molecule is CNC(C)c1cnc(N2CCC(N(C)C)CC2)s1. The zero-order valence-corrected chi connectivity index (χ0v) is 12.6. The molecule has 5 heteroatoms. The maximum absolute atomic E-state index is 4.57. The normalized spacial score (nSPS) is 19.5. The molecule has 1 fully saturated rings. The fourth-order valence-electron chi connectivity index (χ4n) is 2.34. The third-order valence-electron chi connectivity index (χ3n) is 3.84. The van der Waals surface area contributed by atoms with E-state index in [1.807, 2.05) is 24.6 Å². The van der Waals surface area contributed by atoms with E-state index in [1.165, 1.54) is 22.9 Å². The van der Waals surface area contributed by atoms with E-state index in [0.29, 0.717) is 6.04 Å². The average Bonchev–Trinajstić information content (AvgIpc) is 2.87. The van der Waals surface area contributed by atoms with E-state index in [0.717, 1.165) is 19.1 Å². The summed E-state index contributed by atoms with van der Waals surface area (Å²) >= 11 is 1.82. The molecule has 0 aliphatic carbocycles. The van der Waals surface area contributed by atoms with Crippen molar-refractivity contribution < 1.29 is 0 Å². The van der Waals surface area contributed by atoms with Crippen LogP contribution in [0.5, 0.6) is 0 Å². The fourth-order valence-corrected chi connectivity index (χ4v) is 3.37. The Bertz CT molecular complexity index is 369. The minimum absolute atomic E-state index is 0.399. The number of thiazole rings is 1. The molecule has 1 aliphatic heterocycles. The first kappa shape index (κ1) is 13.8. The second-order valence-corrected chi connectivity index (χ2v) is 6.28. The van der Waals surface area contributed by atoms with Crippen LogP contribution in [0.25, 0.3) is 0 Å². The number of hydrogen-bond acceptors (Lipinski definition) is 5. The van der Waals surface area contributed by atoms with Gasteiger partial charge in [-0.15, -0.1) is 11.3 Å². The molecule has 0 saturated carbocycles. The molecule has 1 aromatic heterocycles. The lowest BCUT2D eigenvalue weighted by atomic mass is 10.0. The third-order valence-corrected chi connectivity index (χ3v) is 5.08. The van der Waals surface area contributed by atoms with Crippen molar-refractivity contribution in [1.82, 2.24) is 15.2 Å². The Kier molecular flexibility index (Phi) is 4.59. The number of aromatic nitrogens is 1. The van der Waals surface area contributed by atoms with Gasteiger partial charge in [0.15, 0.2) is 5.13 Å². The Morgan fingerprint density at radius 1 is 1.44 bits per heavy atom. The molecule has 0 bridgehead atoms. The molecular formula is C13H24N4S. The van der Waals surface area contributed by atoms with E-state index in [4.69, 9.17) is 0 Å². The summed E-state index contributed by atoms with van der Waals surface area (Å²) in [6.45, 7) is 4.43. The van der Waals surface area contributed by atoms with Gasteiger partial charge in [0.2, 0.25) is 0 Å². The summed E-state index contributed by atoms with van der Waals surface area (Å²) in [5, 5.41) is 4.45. The van der Waals surface area contributed by atoms with Crippen molar-refractivity contribution in [2.75, 3.05) is 39.1 Å². The van der Waals surface area contributed by atoms with Crippen molar-refractivity contribution in [3.63, 3.8) is 0 Å². The molecule has 1 saturated heterocycles. The monoisotopic (exact) mass is 268 g/mol. The summed E-state index contributed by atoms with van der Waals surface area (Å²) in [6.07, 6.45) is 4.49. The molecule has 4 nitrogen and oxygen atoms in total. The molecule has 1 N–H and O–H groups in total. The zero-order valence-electron chi connectivity index (χ0n) is 11.8. The van der Waals surface area contributed by atoms with Crippen molar-refractivity contribution in [3.05, 3.63) is 11.1 Å². The van der Waals surface area contributed by atoms with Crippen LogP contribution >= 0.6 is 11.3 Å². The van der Waals surface area contributed by atoms with Crippen LogP contribution in [0.15, 0.2) is 6.20 Å². The molecule has 1 atom stereocenters. The topological polar surface area (TPSA) is 31.4 Å². The second kappa shape index (κ2) is 5.99. The van der Waals surface area contributed by atoms with E-state index in [2.05, 4.69) is 41.1 Å². The van der Waals surface area contributed by atoms with Crippen LogP contribution in [0.4, 0.5) is 5.13 Å². The molecule has 0 radical (unpaired) electrons. The van der Waals surface area contributed by atoms with Gasteiger partial charge in [0.05, 0.1) is 0 Å². The molecule has 0 spiro atoms. The van der Waals surface area contributed by atoms with E-state index >= 15 is 0 Å². The first-order valence-electron chi connectivity index (χ1n) is 6.66. The summed E-state index contributed by atoms with van der Waals surface area (Å²) in [5.41, 5.74) is 0. The maximum Gasteiger partial charge on any atom is 0.185 e. The first-order chi connectivity index (χ1) is 8.61. The van der Waals surface area contributed by atoms with Crippen molar-refractivity contribution in [2.45, 2.75) is 31.8 Å². The Hall–Kier alpha value is -0.650. The van der Waals surface area contributed by atoms with Gasteiger partial charge in [0, 0.05) is 36.2 Å². The van der Waals surface area contributed by atoms with E-state index in [-0.39, 0.29) is 0 Å². The highest BCUT2D eigenvalue weighted by Gasteiger charge is 2.22. The van der Waals surface area contributed by atoms with Crippen LogP contribution in [0.2, 0.25) is 0 Å². The number of nitrogens with zero attached hydrogens (tertiary/aromatic N) is 3. The molecule has 102 valence electrons.